The van der Waals surface area contributed by atoms with Crippen LogP contribution in [-0.4, -0.2) is 23.0 Å². The Morgan fingerprint density at radius 3 is 2.64 bits per heavy atom. The lowest BCUT2D eigenvalue weighted by Gasteiger charge is -2.23. The second kappa shape index (κ2) is 7.29. The zero-order valence-corrected chi connectivity index (χ0v) is 14.9. The topological polar surface area (TPSA) is 46.5 Å². The van der Waals surface area contributed by atoms with Gasteiger partial charge in [-0.25, -0.2) is 0 Å². The SMILES string of the molecule is CCCCC1CC1(O)CCP(=O)(OC(C)C)c1ccccc1. The predicted octanol–water partition coefficient (Wildman–Crippen LogP) is 4.35. The van der Waals surface area contributed by atoms with Crippen LogP contribution in [-0.2, 0) is 9.09 Å². The van der Waals surface area contributed by atoms with Gasteiger partial charge in [0, 0.05) is 11.5 Å². The fraction of sp³-hybridized carbons (Fsp3) is 0.667. The van der Waals surface area contributed by atoms with E-state index >= 15 is 0 Å². The Balaban J connectivity index is 2.01. The molecule has 1 saturated carbocycles. The Kier molecular flexibility index (Phi) is 5.87. The minimum absolute atomic E-state index is 0.0872. The second-order valence-electron chi connectivity index (χ2n) is 6.78. The number of rotatable bonds is 9. The summed E-state index contributed by atoms with van der Waals surface area (Å²) in [5.74, 6) is 0.385. The Bertz CT molecular complexity index is 514. The van der Waals surface area contributed by atoms with E-state index in [2.05, 4.69) is 6.92 Å². The quantitative estimate of drug-likeness (QED) is 0.687. The largest absolute Gasteiger partial charge is 0.390 e. The van der Waals surface area contributed by atoms with Crippen molar-refractivity contribution in [3.63, 3.8) is 0 Å². The molecule has 1 fully saturated rings. The van der Waals surface area contributed by atoms with Crippen LogP contribution in [0.4, 0.5) is 0 Å². The van der Waals surface area contributed by atoms with Gasteiger partial charge in [-0.1, -0.05) is 38.0 Å². The van der Waals surface area contributed by atoms with Crippen molar-refractivity contribution in [1.82, 2.24) is 0 Å². The van der Waals surface area contributed by atoms with Crippen LogP contribution in [0.15, 0.2) is 30.3 Å². The van der Waals surface area contributed by atoms with Crippen LogP contribution in [0.25, 0.3) is 0 Å². The maximum Gasteiger partial charge on any atom is 0.232 e. The van der Waals surface area contributed by atoms with Gasteiger partial charge in [-0.2, -0.15) is 0 Å². The Labute approximate surface area is 134 Å². The molecule has 3 nitrogen and oxygen atoms in total. The maximum absolute atomic E-state index is 13.3. The average molecular weight is 324 g/mol. The van der Waals surface area contributed by atoms with Crippen molar-refractivity contribution in [2.24, 2.45) is 5.92 Å². The van der Waals surface area contributed by atoms with Crippen LogP contribution in [0, 0.1) is 5.92 Å². The van der Waals surface area contributed by atoms with Crippen LogP contribution in [0.3, 0.4) is 0 Å². The zero-order valence-electron chi connectivity index (χ0n) is 14.0. The van der Waals surface area contributed by atoms with Gasteiger partial charge in [0.25, 0.3) is 0 Å². The smallest absolute Gasteiger partial charge is 0.232 e. The Hall–Kier alpha value is -0.630. The number of benzene rings is 1. The van der Waals surface area contributed by atoms with E-state index in [-0.39, 0.29) is 6.10 Å². The summed E-state index contributed by atoms with van der Waals surface area (Å²) in [6.45, 7) is 5.98. The molecule has 0 bridgehead atoms. The highest BCUT2D eigenvalue weighted by atomic mass is 31.2. The van der Waals surface area contributed by atoms with E-state index in [0.717, 1.165) is 31.0 Å². The molecule has 0 spiro atoms. The molecule has 4 heteroatoms. The molecule has 3 unspecified atom stereocenters. The first kappa shape index (κ1) is 17.7. The van der Waals surface area contributed by atoms with Gasteiger partial charge in [0.05, 0.1) is 11.7 Å². The molecular weight excluding hydrogens is 295 g/mol. The van der Waals surface area contributed by atoms with Crippen LogP contribution >= 0.6 is 7.37 Å². The Morgan fingerprint density at radius 2 is 2.05 bits per heavy atom. The summed E-state index contributed by atoms with van der Waals surface area (Å²) in [7, 11) is -2.90. The van der Waals surface area contributed by atoms with E-state index in [1.54, 1.807) is 0 Å². The third kappa shape index (κ3) is 4.44. The van der Waals surface area contributed by atoms with Crippen LogP contribution in [0.5, 0.6) is 0 Å². The third-order valence-corrected chi connectivity index (χ3v) is 7.14. The molecule has 0 amide bonds. The van der Waals surface area contributed by atoms with Crippen molar-refractivity contribution in [3.05, 3.63) is 30.3 Å². The van der Waals surface area contributed by atoms with Gasteiger partial charge in [-0.15, -0.1) is 0 Å². The van der Waals surface area contributed by atoms with Gasteiger partial charge >= 0.3 is 0 Å². The first-order chi connectivity index (χ1) is 10.4. The standard InChI is InChI=1S/C18H29O3P/c1-4-5-9-16-14-18(16,19)12-13-22(20,21-15(2)3)17-10-7-6-8-11-17/h6-8,10-11,15-16,19H,4-5,9,12-14H2,1-3H3. The zero-order chi connectivity index (χ0) is 16.2. The molecule has 3 atom stereocenters. The predicted molar refractivity (Wildman–Crippen MR) is 92.0 cm³/mol. The first-order valence-corrected chi connectivity index (χ1v) is 10.3. The molecule has 22 heavy (non-hydrogen) atoms. The van der Waals surface area contributed by atoms with Gasteiger partial charge < -0.3 is 9.63 Å². The molecule has 0 aliphatic heterocycles. The Morgan fingerprint density at radius 1 is 1.36 bits per heavy atom. The summed E-state index contributed by atoms with van der Waals surface area (Å²) in [5.41, 5.74) is -0.611. The van der Waals surface area contributed by atoms with Crippen molar-refractivity contribution >= 4 is 12.7 Å². The molecule has 0 saturated heterocycles. The van der Waals surface area contributed by atoms with Gasteiger partial charge in [0.15, 0.2) is 0 Å². The van der Waals surface area contributed by atoms with Gasteiger partial charge in [0.2, 0.25) is 7.37 Å². The van der Waals surface area contributed by atoms with Crippen molar-refractivity contribution in [3.8, 4) is 0 Å². The van der Waals surface area contributed by atoms with Gasteiger partial charge in [-0.05, 0) is 51.2 Å². The second-order valence-corrected chi connectivity index (χ2v) is 9.30. The summed E-state index contributed by atoms with van der Waals surface area (Å²) in [6, 6.07) is 9.44. The molecule has 0 heterocycles. The van der Waals surface area contributed by atoms with Gasteiger partial charge in [-0.3, -0.25) is 4.57 Å². The average Bonchev–Trinajstić information content (AvgIpc) is 3.14. The van der Waals surface area contributed by atoms with Crippen molar-refractivity contribution < 1.29 is 14.2 Å². The molecule has 124 valence electrons. The fourth-order valence-corrected chi connectivity index (χ4v) is 5.55. The third-order valence-electron chi connectivity index (χ3n) is 4.48. The maximum atomic E-state index is 13.3. The molecule has 1 aromatic carbocycles. The van der Waals surface area contributed by atoms with Crippen LogP contribution in [0.1, 0.15) is 52.9 Å². The van der Waals surface area contributed by atoms with Crippen molar-refractivity contribution in [2.75, 3.05) is 6.16 Å². The summed E-state index contributed by atoms with van der Waals surface area (Å²) in [6.07, 6.45) is 5.15. The summed E-state index contributed by atoms with van der Waals surface area (Å²) >= 11 is 0. The van der Waals surface area contributed by atoms with Gasteiger partial charge in [0.1, 0.15) is 0 Å². The number of unbranched alkanes of at least 4 members (excludes halogenated alkanes) is 1. The molecule has 0 radical (unpaired) electrons. The van der Waals surface area contributed by atoms with E-state index < -0.39 is 13.0 Å². The highest BCUT2D eigenvalue weighted by Crippen LogP contribution is 2.55. The summed E-state index contributed by atoms with van der Waals surface area (Å²) in [4.78, 5) is 0. The van der Waals surface area contributed by atoms with E-state index in [1.165, 1.54) is 0 Å². The van der Waals surface area contributed by atoms with E-state index in [4.69, 9.17) is 4.52 Å². The summed E-state index contributed by atoms with van der Waals surface area (Å²) < 4.78 is 19.1. The highest BCUT2D eigenvalue weighted by Gasteiger charge is 2.52. The molecule has 0 aromatic heterocycles. The van der Waals surface area contributed by atoms with E-state index in [9.17, 15) is 9.67 Å². The van der Waals surface area contributed by atoms with Crippen molar-refractivity contribution in [2.45, 2.75) is 64.6 Å². The number of hydrogen-bond acceptors (Lipinski definition) is 3. The number of hydrogen-bond donors (Lipinski definition) is 1. The lowest BCUT2D eigenvalue weighted by molar-refractivity contribution is 0.123. The molecule has 1 aromatic rings. The minimum atomic E-state index is -2.90. The molecule has 1 aliphatic rings. The number of aliphatic hydroxyl groups is 1. The lowest BCUT2D eigenvalue weighted by Crippen LogP contribution is -2.19. The fourth-order valence-electron chi connectivity index (χ4n) is 3.07. The lowest BCUT2D eigenvalue weighted by atomic mass is 10.1. The summed E-state index contributed by atoms with van der Waals surface area (Å²) in [5, 5.41) is 11.3. The molecule has 2 rings (SSSR count). The van der Waals surface area contributed by atoms with Crippen molar-refractivity contribution in [1.29, 1.82) is 0 Å². The molecular formula is C18H29O3P. The molecule has 1 aliphatic carbocycles. The first-order valence-electron chi connectivity index (χ1n) is 8.45. The monoisotopic (exact) mass is 324 g/mol. The van der Waals surface area contributed by atoms with Crippen LogP contribution in [0.2, 0.25) is 0 Å². The van der Waals surface area contributed by atoms with E-state index in [1.807, 2.05) is 44.2 Å². The van der Waals surface area contributed by atoms with E-state index in [0.29, 0.717) is 18.5 Å². The van der Waals surface area contributed by atoms with Crippen LogP contribution < -0.4 is 5.30 Å². The molecule has 1 N–H and O–H groups in total. The highest BCUT2D eigenvalue weighted by molar-refractivity contribution is 7.67. The normalized spacial score (nSPS) is 26.9. The minimum Gasteiger partial charge on any atom is -0.390 e.